The van der Waals surface area contributed by atoms with Gasteiger partial charge in [-0.2, -0.15) is 0 Å². The Morgan fingerprint density at radius 2 is 0.887 bits per heavy atom. The number of rotatable bonds is 14. The van der Waals surface area contributed by atoms with Gasteiger partial charge >= 0.3 is 11.9 Å². The minimum Gasteiger partial charge on any atom is -0.508 e. The molecule has 278 valence electrons. The normalized spacial score (nSPS) is 18.2. The van der Waals surface area contributed by atoms with E-state index in [2.05, 4.69) is 0 Å². The van der Waals surface area contributed by atoms with Crippen LogP contribution in [0.5, 0.6) is 46.0 Å². The van der Waals surface area contributed by atoms with E-state index < -0.39 is 36.0 Å². The van der Waals surface area contributed by atoms with Gasteiger partial charge in [-0.05, 0) is 82.9 Å². The average Bonchev–Trinajstić information content (AvgIpc) is 3.54. The molecule has 1 saturated heterocycles. The van der Waals surface area contributed by atoms with E-state index in [0.29, 0.717) is 22.3 Å². The third kappa shape index (κ3) is 9.13. The zero-order chi connectivity index (χ0) is 38.1. The summed E-state index contributed by atoms with van der Waals surface area (Å²) in [4.78, 5) is 26.1. The molecule has 0 bridgehead atoms. The van der Waals surface area contributed by atoms with Crippen LogP contribution in [0.4, 0.5) is 0 Å². The summed E-state index contributed by atoms with van der Waals surface area (Å²) < 4.78 is 39.9. The van der Waals surface area contributed by atoms with Gasteiger partial charge in [0.25, 0.3) is 0 Å². The summed E-state index contributed by atoms with van der Waals surface area (Å²) in [5.74, 6) is -2.55. The van der Waals surface area contributed by atoms with Gasteiger partial charge in [0, 0.05) is 24.0 Å². The van der Waals surface area contributed by atoms with Gasteiger partial charge in [-0.15, -0.1) is 0 Å². The number of hydrogen-bond donors (Lipinski definition) is 4. The molecule has 13 heteroatoms. The lowest BCUT2D eigenvalue weighted by molar-refractivity contribution is -0.143. The number of aromatic hydroxyl groups is 4. The van der Waals surface area contributed by atoms with Crippen LogP contribution in [0.3, 0.4) is 0 Å². The molecule has 0 aliphatic carbocycles. The molecule has 0 saturated carbocycles. The maximum Gasteiger partial charge on any atom is 0.330 e. The molecule has 0 radical (unpaired) electrons. The number of methoxy groups -OCH3 is 4. The van der Waals surface area contributed by atoms with Crippen LogP contribution in [0.15, 0.2) is 84.9 Å². The van der Waals surface area contributed by atoms with Gasteiger partial charge in [0.2, 0.25) is 11.5 Å². The number of carbonyl (C=O) groups excluding carboxylic acids is 2. The van der Waals surface area contributed by atoms with E-state index in [0.717, 1.165) is 0 Å². The van der Waals surface area contributed by atoms with Crippen molar-refractivity contribution in [1.29, 1.82) is 0 Å². The second-order valence-electron chi connectivity index (χ2n) is 12.0. The third-order valence-electron chi connectivity index (χ3n) is 8.73. The second kappa shape index (κ2) is 17.2. The van der Waals surface area contributed by atoms with E-state index in [1.807, 2.05) is 0 Å². The van der Waals surface area contributed by atoms with Crippen molar-refractivity contribution in [2.75, 3.05) is 41.7 Å². The van der Waals surface area contributed by atoms with Crippen molar-refractivity contribution in [2.45, 2.75) is 12.2 Å². The number of phenolic OH excluding ortho intramolecular Hbond substituents is 4. The average molecular weight is 729 g/mol. The molecule has 0 aromatic heterocycles. The van der Waals surface area contributed by atoms with E-state index in [-0.39, 0.29) is 59.2 Å². The highest BCUT2D eigenvalue weighted by atomic mass is 16.6. The zero-order valence-electron chi connectivity index (χ0n) is 29.4. The van der Waals surface area contributed by atoms with Crippen molar-refractivity contribution < 1.29 is 63.2 Å². The predicted octanol–water partition coefficient (Wildman–Crippen LogP) is 6.10. The van der Waals surface area contributed by atoms with Crippen LogP contribution in [-0.2, 0) is 23.8 Å². The van der Waals surface area contributed by atoms with Crippen molar-refractivity contribution in [3.05, 3.63) is 107 Å². The molecule has 1 heterocycles. The predicted molar refractivity (Wildman–Crippen MR) is 192 cm³/mol. The molecule has 1 aliphatic heterocycles. The topological polar surface area (TPSA) is 180 Å². The first-order chi connectivity index (χ1) is 25.5. The first-order valence-corrected chi connectivity index (χ1v) is 16.4. The Kier molecular flexibility index (Phi) is 12.3. The summed E-state index contributed by atoms with van der Waals surface area (Å²) in [6.45, 7) is -0.410. The Morgan fingerprint density at radius 3 is 1.19 bits per heavy atom. The van der Waals surface area contributed by atoms with Crippen LogP contribution in [-0.4, -0.2) is 74.0 Å². The highest BCUT2D eigenvalue weighted by Gasteiger charge is 2.48. The first kappa shape index (κ1) is 37.9. The number of hydrogen-bond acceptors (Lipinski definition) is 13. The molecule has 5 rings (SSSR count). The highest BCUT2D eigenvalue weighted by Crippen LogP contribution is 2.53. The molecule has 4 atom stereocenters. The van der Waals surface area contributed by atoms with Crippen molar-refractivity contribution in [1.82, 2.24) is 0 Å². The Labute approximate surface area is 305 Å². The molecule has 1 fully saturated rings. The van der Waals surface area contributed by atoms with Crippen molar-refractivity contribution in [2.24, 2.45) is 11.8 Å². The molecule has 4 aromatic carbocycles. The maximum absolute atomic E-state index is 13.1. The molecule has 4 N–H and O–H groups in total. The van der Waals surface area contributed by atoms with Gasteiger partial charge in [-0.3, -0.25) is 0 Å². The van der Waals surface area contributed by atoms with Gasteiger partial charge in [0.05, 0.1) is 53.9 Å². The van der Waals surface area contributed by atoms with E-state index >= 15 is 0 Å². The van der Waals surface area contributed by atoms with Crippen molar-refractivity contribution >= 4 is 24.1 Å². The van der Waals surface area contributed by atoms with Gasteiger partial charge in [-0.25, -0.2) is 9.59 Å². The van der Waals surface area contributed by atoms with Crippen LogP contribution >= 0.6 is 0 Å². The van der Waals surface area contributed by atoms with E-state index in [1.54, 1.807) is 48.5 Å². The van der Waals surface area contributed by atoms with E-state index in [1.165, 1.54) is 77.0 Å². The minimum absolute atomic E-state index is 0.0838. The number of ether oxygens (including phenoxy) is 7. The number of carbonyl (C=O) groups is 2. The zero-order valence-corrected chi connectivity index (χ0v) is 29.4. The summed E-state index contributed by atoms with van der Waals surface area (Å²) in [6.07, 6.45) is 3.88. The van der Waals surface area contributed by atoms with Crippen molar-refractivity contribution in [3.8, 4) is 46.0 Å². The third-order valence-corrected chi connectivity index (χ3v) is 8.73. The summed E-state index contributed by atoms with van der Waals surface area (Å²) in [5.41, 5.74) is 2.32. The van der Waals surface area contributed by atoms with Crippen molar-refractivity contribution in [3.63, 3.8) is 0 Å². The van der Waals surface area contributed by atoms with Gasteiger partial charge in [-0.1, -0.05) is 24.3 Å². The van der Waals surface area contributed by atoms with E-state index in [4.69, 9.17) is 33.2 Å². The molecule has 0 amide bonds. The summed E-state index contributed by atoms with van der Waals surface area (Å²) >= 11 is 0. The van der Waals surface area contributed by atoms with Crippen LogP contribution in [0.1, 0.15) is 34.5 Å². The summed E-state index contributed by atoms with van der Waals surface area (Å²) in [5, 5.41) is 40.5. The molecule has 0 unspecified atom stereocenters. The maximum atomic E-state index is 13.1. The number of benzene rings is 4. The molecular weight excluding hydrogens is 688 g/mol. The largest absolute Gasteiger partial charge is 0.508 e. The Balaban J connectivity index is 1.53. The fraction of sp³-hybridized carbons (Fsp3) is 0.250. The molecule has 53 heavy (non-hydrogen) atoms. The van der Waals surface area contributed by atoms with E-state index in [9.17, 15) is 30.0 Å². The smallest absolute Gasteiger partial charge is 0.330 e. The lowest BCUT2D eigenvalue weighted by Crippen LogP contribution is -2.27. The fourth-order valence-electron chi connectivity index (χ4n) is 5.99. The standard InChI is InChI=1S/C40H40O13/c1-47-31-17-25(18-32(48-2)37(31)45)39-29(21-51-35(43)15-9-23-5-11-27(41)12-6-23)30(22-52-36(44)16-10-24-7-13-28(42)14-8-24)40(53-39)26-19-33(49-3)38(46)34(20-26)50-4/h5-20,29-30,39-42,45-46H,21-22H2,1-4H3/b15-9-,16-10+/t29-,30-,39+,40+/m1/s1. The number of phenols is 4. The van der Waals surface area contributed by atoms with Gasteiger partial charge in [0.15, 0.2) is 23.0 Å². The summed E-state index contributed by atoms with van der Waals surface area (Å²) in [6, 6.07) is 18.8. The fourth-order valence-corrected chi connectivity index (χ4v) is 5.99. The first-order valence-electron chi connectivity index (χ1n) is 16.4. The highest BCUT2D eigenvalue weighted by molar-refractivity contribution is 5.87. The molecular formula is C40H40O13. The lowest BCUT2D eigenvalue weighted by atomic mass is 9.83. The van der Waals surface area contributed by atoms with Crippen LogP contribution < -0.4 is 18.9 Å². The Bertz CT molecular complexity index is 1760. The second-order valence-corrected chi connectivity index (χ2v) is 12.0. The minimum atomic E-state index is -0.848. The van der Waals surface area contributed by atoms with Crippen LogP contribution in [0.2, 0.25) is 0 Å². The lowest BCUT2D eigenvalue weighted by Gasteiger charge is -2.24. The SMILES string of the molecule is COc1cc([C@@H]2O[C@@H](c3cc(OC)c(O)c(OC)c3)[C@H](COC(=O)/C=C/c3ccc(O)cc3)[C@H]2COC(=O)/C=C\c2ccc(O)cc2)cc(OC)c1O. The molecule has 13 nitrogen and oxygen atoms in total. The van der Waals surface area contributed by atoms with Gasteiger partial charge < -0.3 is 53.6 Å². The quantitative estimate of drug-likeness (QED) is 0.0865. The molecule has 0 spiro atoms. The Morgan fingerprint density at radius 1 is 0.566 bits per heavy atom. The summed E-state index contributed by atoms with van der Waals surface area (Å²) in [7, 11) is 5.55. The Hall–Kier alpha value is -6.34. The van der Waals surface area contributed by atoms with Gasteiger partial charge in [0.1, 0.15) is 11.5 Å². The number of esters is 2. The molecule has 1 aliphatic rings. The van der Waals surface area contributed by atoms with Crippen LogP contribution in [0, 0.1) is 11.8 Å². The molecule has 4 aromatic rings. The van der Waals surface area contributed by atoms with Crippen LogP contribution in [0.25, 0.3) is 12.2 Å². The monoisotopic (exact) mass is 728 g/mol.